The van der Waals surface area contributed by atoms with Gasteiger partial charge in [-0.05, 0) is 63.0 Å². The van der Waals surface area contributed by atoms with Crippen LogP contribution in [0.25, 0.3) is 0 Å². The molecule has 2 aromatic carbocycles. The predicted molar refractivity (Wildman–Crippen MR) is 122 cm³/mol. The Kier molecular flexibility index (Phi) is 7.85. The molecule has 0 aliphatic rings. The van der Waals surface area contributed by atoms with Gasteiger partial charge in [0.25, 0.3) is 5.91 Å². The van der Waals surface area contributed by atoms with E-state index >= 15 is 0 Å². The van der Waals surface area contributed by atoms with Crippen molar-refractivity contribution < 1.29 is 9.53 Å². The highest BCUT2D eigenvalue weighted by molar-refractivity contribution is 7.09. The highest BCUT2D eigenvalue weighted by Gasteiger charge is 2.18. The van der Waals surface area contributed by atoms with Gasteiger partial charge in [-0.2, -0.15) is 0 Å². The second-order valence-corrected chi connectivity index (χ2v) is 8.75. The average molecular weight is 444 g/mol. The van der Waals surface area contributed by atoms with Crippen LogP contribution in [0.3, 0.4) is 0 Å². The molecule has 0 radical (unpaired) electrons. The zero-order valence-electron chi connectivity index (χ0n) is 17.5. The van der Waals surface area contributed by atoms with Crippen molar-refractivity contribution in [2.75, 3.05) is 27.2 Å². The third-order valence-corrected chi connectivity index (χ3v) is 5.62. The number of ether oxygens (including phenoxy) is 1. The maximum absolute atomic E-state index is 13.0. The normalized spacial score (nSPS) is 11.0. The minimum absolute atomic E-state index is 0.0286. The minimum atomic E-state index is -0.0286. The smallest absolute Gasteiger partial charge is 0.254 e. The van der Waals surface area contributed by atoms with E-state index in [9.17, 15) is 4.79 Å². The van der Waals surface area contributed by atoms with E-state index in [-0.39, 0.29) is 5.91 Å². The van der Waals surface area contributed by atoms with Crippen molar-refractivity contribution in [2.45, 2.75) is 20.1 Å². The summed E-state index contributed by atoms with van der Waals surface area (Å²) in [6.07, 6.45) is 0. The highest BCUT2D eigenvalue weighted by atomic mass is 35.5. The first kappa shape index (κ1) is 22.3. The lowest BCUT2D eigenvalue weighted by Gasteiger charge is -2.24. The predicted octanol–water partition coefficient (Wildman–Crippen LogP) is 4.89. The molecule has 0 saturated carbocycles. The molecule has 1 heterocycles. The quantitative estimate of drug-likeness (QED) is 0.472. The molecular weight excluding hydrogens is 418 g/mol. The highest BCUT2D eigenvalue weighted by Crippen LogP contribution is 2.18. The summed E-state index contributed by atoms with van der Waals surface area (Å²) in [7, 11) is 3.99. The Morgan fingerprint density at radius 1 is 1.13 bits per heavy atom. The summed E-state index contributed by atoms with van der Waals surface area (Å²) in [5.74, 6) is 0.802. The molecule has 0 aliphatic heterocycles. The number of nitrogens with zero attached hydrogens (tertiary/aromatic N) is 3. The number of carbonyl (C=O) groups is 1. The van der Waals surface area contributed by atoms with Crippen LogP contribution >= 0.6 is 22.9 Å². The molecule has 5 nitrogen and oxygen atoms in total. The second-order valence-electron chi connectivity index (χ2n) is 7.37. The van der Waals surface area contributed by atoms with Crippen LogP contribution in [0.4, 0.5) is 0 Å². The van der Waals surface area contributed by atoms with Gasteiger partial charge >= 0.3 is 0 Å². The molecular formula is C23H26ClN3O2S. The lowest BCUT2D eigenvalue weighted by atomic mass is 10.2. The van der Waals surface area contributed by atoms with Gasteiger partial charge in [0.1, 0.15) is 17.4 Å². The van der Waals surface area contributed by atoms with Crippen LogP contribution in [0, 0.1) is 6.92 Å². The molecule has 7 heteroatoms. The van der Waals surface area contributed by atoms with Crippen molar-refractivity contribution in [3.05, 3.63) is 80.8 Å². The van der Waals surface area contributed by atoms with Crippen LogP contribution in [-0.2, 0) is 13.2 Å². The number of carbonyl (C=O) groups excluding carboxylic acids is 1. The van der Waals surface area contributed by atoms with E-state index in [2.05, 4.69) is 9.88 Å². The van der Waals surface area contributed by atoms with E-state index in [0.29, 0.717) is 30.3 Å². The SMILES string of the molecule is Cc1cccc(OCc2nc(CN(CCN(C)C)C(=O)c3ccc(Cl)cc3)cs2)c1. The van der Waals surface area contributed by atoms with Crippen molar-refractivity contribution in [1.82, 2.24) is 14.8 Å². The lowest BCUT2D eigenvalue weighted by molar-refractivity contribution is 0.0730. The molecule has 0 spiro atoms. The van der Waals surface area contributed by atoms with Gasteiger partial charge in [0, 0.05) is 29.1 Å². The monoisotopic (exact) mass is 443 g/mol. The van der Waals surface area contributed by atoms with Gasteiger partial charge in [-0.1, -0.05) is 23.7 Å². The van der Waals surface area contributed by atoms with Gasteiger partial charge in [-0.15, -0.1) is 11.3 Å². The Hall–Kier alpha value is -2.41. The van der Waals surface area contributed by atoms with E-state index in [0.717, 1.165) is 28.6 Å². The van der Waals surface area contributed by atoms with Gasteiger partial charge in [0.15, 0.2) is 0 Å². The van der Waals surface area contributed by atoms with Crippen molar-refractivity contribution >= 4 is 28.8 Å². The summed E-state index contributed by atoms with van der Waals surface area (Å²) < 4.78 is 5.85. The van der Waals surface area contributed by atoms with Crippen LogP contribution in [-0.4, -0.2) is 47.9 Å². The summed E-state index contributed by atoms with van der Waals surface area (Å²) in [6, 6.07) is 14.9. The number of hydrogen-bond donors (Lipinski definition) is 0. The van der Waals surface area contributed by atoms with Crippen molar-refractivity contribution in [1.29, 1.82) is 0 Å². The van der Waals surface area contributed by atoms with E-state index < -0.39 is 0 Å². The maximum Gasteiger partial charge on any atom is 0.254 e. The molecule has 0 aliphatic carbocycles. The van der Waals surface area contributed by atoms with Crippen molar-refractivity contribution in [3.63, 3.8) is 0 Å². The first-order valence-corrected chi connectivity index (χ1v) is 11.0. The third-order valence-electron chi connectivity index (χ3n) is 4.50. The summed E-state index contributed by atoms with van der Waals surface area (Å²) in [5.41, 5.74) is 2.64. The van der Waals surface area contributed by atoms with E-state index in [1.165, 1.54) is 0 Å². The standard InChI is InChI=1S/C23H26ClN3O2S/c1-17-5-4-6-21(13-17)29-15-22-25-20(16-30-22)14-27(12-11-26(2)3)23(28)18-7-9-19(24)10-8-18/h4-10,13,16H,11-12,14-15H2,1-3H3. The fourth-order valence-electron chi connectivity index (χ4n) is 2.88. The maximum atomic E-state index is 13.0. The molecule has 1 aromatic heterocycles. The zero-order valence-corrected chi connectivity index (χ0v) is 19.0. The fraction of sp³-hybridized carbons (Fsp3) is 0.304. The Morgan fingerprint density at radius 2 is 1.90 bits per heavy atom. The topological polar surface area (TPSA) is 45.7 Å². The first-order chi connectivity index (χ1) is 14.4. The van der Waals surface area contributed by atoms with Gasteiger partial charge in [0.05, 0.1) is 12.2 Å². The Balaban J connectivity index is 1.66. The van der Waals surface area contributed by atoms with Crippen LogP contribution in [0.5, 0.6) is 5.75 Å². The molecule has 0 N–H and O–H groups in total. The number of rotatable bonds is 9. The summed E-state index contributed by atoms with van der Waals surface area (Å²) >= 11 is 7.51. The molecule has 1 amide bonds. The van der Waals surface area contributed by atoms with E-state index in [1.807, 2.05) is 55.6 Å². The van der Waals surface area contributed by atoms with E-state index in [4.69, 9.17) is 16.3 Å². The van der Waals surface area contributed by atoms with E-state index in [1.54, 1.807) is 35.6 Å². The Labute approximate surface area is 186 Å². The van der Waals surface area contributed by atoms with Gasteiger partial charge in [-0.25, -0.2) is 4.98 Å². The molecule has 0 bridgehead atoms. The van der Waals surface area contributed by atoms with Gasteiger partial charge < -0.3 is 14.5 Å². The fourth-order valence-corrected chi connectivity index (χ4v) is 3.70. The van der Waals surface area contributed by atoms with Crippen molar-refractivity contribution in [2.24, 2.45) is 0 Å². The molecule has 3 aromatic rings. The number of aromatic nitrogens is 1. The molecule has 30 heavy (non-hydrogen) atoms. The van der Waals surface area contributed by atoms with Crippen LogP contribution in [0.15, 0.2) is 53.9 Å². The van der Waals surface area contributed by atoms with Crippen molar-refractivity contribution in [3.8, 4) is 5.75 Å². The molecule has 158 valence electrons. The largest absolute Gasteiger partial charge is 0.486 e. The minimum Gasteiger partial charge on any atom is -0.486 e. The summed E-state index contributed by atoms with van der Waals surface area (Å²) in [5, 5.41) is 3.49. The summed E-state index contributed by atoms with van der Waals surface area (Å²) in [4.78, 5) is 21.6. The number of aryl methyl sites for hydroxylation is 1. The lowest BCUT2D eigenvalue weighted by Crippen LogP contribution is -2.36. The second kappa shape index (κ2) is 10.6. The van der Waals surface area contributed by atoms with Gasteiger partial charge in [-0.3, -0.25) is 4.79 Å². The number of amides is 1. The summed E-state index contributed by atoms with van der Waals surface area (Å²) in [6.45, 7) is 4.29. The van der Waals surface area contributed by atoms with Crippen LogP contribution in [0.1, 0.15) is 26.6 Å². The number of likely N-dealkylation sites (N-methyl/N-ethyl adjacent to an activating group) is 1. The number of halogens is 1. The molecule has 0 atom stereocenters. The van der Waals surface area contributed by atoms with Crippen LogP contribution < -0.4 is 4.74 Å². The number of hydrogen-bond acceptors (Lipinski definition) is 5. The Morgan fingerprint density at radius 3 is 2.60 bits per heavy atom. The molecule has 3 rings (SSSR count). The average Bonchev–Trinajstić information content (AvgIpc) is 3.17. The molecule has 0 fully saturated rings. The Bertz CT molecular complexity index is 973. The molecule has 0 saturated heterocycles. The zero-order chi connectivity index (χ0) is 21.5. The first-order valence-electron chi connectivity index (χ1n) is 9.73. The molecule has 0 unspecified atom stereocenters. The number of thiazole rings is 1. The number of benzene rings is 2. The third kappa shape index (κ3) is 6.55. The van der Waals surface area contributed by atoms with Gasteiger partial charge in [0.2, 0.25) is 0 Å². The van der Waals surface area contributed by atoms with Crippen LogP contribution in [0.2, 0.25) is 5.02 Å².